The van der Waals surface area contributed by atoms with Crippen molar-refractivity contribution in [3.8, 4) is 0 Å². The quantitative estimate of drug-likeness (QED) is 0.882. The Balaban J connectivity index is 1.88. The number of nitrogens with one attached hydrogen (secondary N) is 1. The first-order chi connectivity index (χ1) is 12.5. The predicted octanol–water partition coefficient (Wildman–Crippen LogP) is 2.87. The van der Waals surface area contributed by atoms with Crippen molar-refractivity contribution < 1.29 is 14.0 Å². The Labute approximate surface area is 151 Å². The highest BCUT2D eigenvalue weighted by atomic mass is 19.1. The molecule has 1 aromatic heterocycles. The lowest BCUT2D eigenvalue weighted by Crippen LogP contribution is -2.29. The molecule has 0 spiro atoms. The number of amides is 2. The summed E-state index contributed by atoms with van der Waals surface area (Å²) in [6, 6.07) is 5.78. The van der Waals surface area contributed by atoms with Crippen molar-refractivity contribution >= 4 is 23.2 Å². The topological polar surface area (TPSA) is 88.3 Å². The molecule has 6 nitrogen and oxygen atoms in total. The van der Waals surface area contributed by atoms with Gasteiger partial charge in [-0.3, -0.25) is 14.6 Å². The number of rotatable bonds is 4. The van der Waals surface area contributed by atoms with Crippen LogP contribution in [0.1, 0.15) is 45.7 Å². The zero-order valence-electron chi connectivity index (χ0n) is 14.6. The standard InChI is InChI=1S/C19H21FN4O2/c1-12-17(18(21)25)16(5-6-22-12)23-19(26)13-9-14(20)11-15(10-13)24-7-3-2-4-8-24/h5-6,9-11H,2-4,7-8H2,1H3,(H2,21,25)(H,22,23,26). The third-order valence-electron chi connectivity index (χ3n) is 4.50. The Morgan fingerprint density at radius 2 is 1.92 bits per heavy atom. The van der Waals surface area contributed by atoms with E-state index in [1.165, 1.54) is 24.4 Å². The molecule has 1 saturated heterocycles. The van der Waals surface area contributed by atoms with Gasteiger partial charge in [-0.1, -0.05) is 0 Å². The van der Waals surface area contributed by atoms with Gasteiger partial charge in [-0.2, -0.15) is 0 Å². The number of carbonyl (C=O) groups excluding carboxylic acids is 2. The molecule has 0 saturated carbocycles. The molecule has 1 aromatic carbocycles. The minimum absolute atomic E-state index is 0.147. The summed E-state index contributed by atoms with van der Waals surface area (Å²) in [5.74, 6) is -1.66. The Morgan fingerprint density at radius 1 is 1.19 bits per heavy atom. The van der Waals surface area contributed by atoms with Crippen molar-refractivity contribution in [3.05, 3.63) is 53.1 Å². The minimum atomic E-state index is -0.681. The Morgan fingerprint density at radius 3 is 2.62 bits per heavy atom. The number of pyridine rings is 1. The second-order valence-electron chi connectivity index (χ2n) is 6.38. The smallest absolute Gasteiger partial charge is 0.255 e. The SMILES string of the molecule is Cc1nccc(NC(=O)c2cc(F)cc(N3CCCCC3)c2)c1C(N)=O. The van der Waals surface area contributed by atoms with Crippen LogP contribution in [0.25, 0.3) is 0 Å². The molecule has 7 heteroatoms. The number of benzene rings is 1. The van der Waals surface area contributed by atoms with Crippen LogP contribution in [0, 0.1) is 12.7 Å². The number of primary amides is 1. The Kier molecular flexibility index (Phi) is 5.16. The van der Waals surface area contributed by atoms with Gasteiger partial charge < -0.3 is 16.0 Å². The third kappa shape index (κ3) is 3.82. The molecular weight excluding hydrogens is 335 g/mol. The first kappa shape index (κ1) is 17.8. The van der Waals surface area contributed by atoms with Gasteiger partial charge in [-0.25, -0.2) is 4.39 Å². The van der Waals surface area contributed by atoms with E-state index in [2.05, 4.69) is 15.2 Å². The summed E-state index contributed by atoms with van der Waals surface area (Å²) in [4.78, 5) is 30.3. The summed E-state index contributed by atoms with van der Waals surface area (Å²) in [5, 5.41) is 2.64. The van der Waals surface area contributed by atoms with Crippen LogP contribution in [0.4, 0.5) is 15.8 Å². The largest absolute Gasteiger partial charge is 0.371 e. The fourth-order valence-electron chi connectivity index (χ4n) is 3.22. The predicted molar refractivity (Wildman–Crippen MR) is 97.9 cm³/mol. The van der Waals surface area contributed by atoms with Crippen LogP contribution >= 0.6 is 0 Å². The van der Waals surface area contributed by atoms with E-state index in [4.69, 9.17) is 5.73 Å². The van der Waals surface area contributed by atoms with Gasteiger partial charge in [0.25, 0.3) is 11.8 Å². The van der Waals surface area contributed by atoms with Crippen LogP contribution in [-0.4, -0.2) is 29.9 Å². The maximum atomic E-state index is 14.1. The number of nitrogens with two attached hydrogens (primary N) is 1. The van der Waals surface area contributed by atoms with Gasteiger partial charge in [-0.05, 0) is 50.5 Å². The molecule has 0 bridgehead atoms. The maximum absolute atomic E-state index is 14.1. The van der Waals surface area contributed by atoms with E-state index in [-0.39, 0.29) is 16.8 Å². The zero-order chi connectivity index (χ0) is 18.7. The molecule has 0 unspecified atom stereocenters. The van der Waals surface area contributed by atoms with E-state index in [1.807, 2.05) is 0 Å². The monoisotopic (exact) mass is 356 g/mol. The van der Waals surface area contributed by atoms with Crippen LogP contribution in [0.2, 0.25) is 0 Å². The van der Waals surface area contributed by atoms with E-state index >= 15 is 0 Å². The van der Waals surface area contributed by atoms with Gasteiger partial charge in [0.2, 0.25) is 0 Å². The number of halogens is 1. The molecule has 1 fully saturated rings. The number of anilines is 2. The lowest BCUT2D eigenvalue weighted by molar-refractivity contribution is 0.1000. The molecule has 3 N–H and O–H groups in total. The van der Waals surface area contributed by atoms with E-state index in [9.17, 15) is 14.0 Å². The van der Waals surface area contributed by atoms with Gasteiger partial charge in [0.1, 0.15) is 5.82 Å². The number of piperidine rings is 1. The van der Waals surface area contributed by atoms with Gasteiger partial charge in [0, 0.05) is 30.5 Å². The molecule has 2 heterocycles. The summed E-state index contributed by atoms with van der Waals surface area (Å²) in [5.41, 5.74) is 7.09. The van der Waals surface area contributed by atoms with Gasteiger partial charge >= 0.3 is 0 Å². The first-order valence-electron chi connectivity index (χ1n) is 8.58. The molecule has 2 aromatic rings. The molecule has 0 atom stereocenters. The highest BCUT2D eigenvalue weighted by Crippen LogP contribution is 2.24. The van der Waals surface area contributed by atoms with Gasteiger partial charge in [-0.15, -0.1) is 0 Å². The molecule has 1 aliphatic rings. The molecule has 26 heavy (non-hydrogen) atoms. The second-order valence-corrected chi connectivity index (χ2v) is 6.38. The number of hydrogen-bond acceptors (Lipinski definition) is 4. The normalized spacial score (nSPS) is 14.2. The van der Waals surface area contributed by atoms with Crippen molar-refractivity contribution in [2.24, 2.45) is 5.73 Å². The Bertz CT molecular complexity index is 847. The summed E-state index contributed by atoms with van der Waals surface area (Å²) >= 11 is 0. The number of carbonyl (C=O) groups is 2. The number of hydrogen-bond donors (Lipinski definition) is 2. The van der Waals surface area contributed by atoms with Crippen LogP contribution in [-0.2, 0) is 0 Å². The molecule has 1 aliphatic heterocycles. The molecular formula is C19H21FN4O2. The third-order valence-corrected chi connectivity index (χ3v) is 4.50. The second kappa shape index (κ2) is 7.51. The fourth-order valence-corrected chi connectivity index (χ4v) is 3.22. The van der Waals surface area contributed by atoms with Crippen LogP contribution < -0.4 is 16.0 Å². The van der Waals surface area contributed by atoms with Crippen molar-refractivity contribution in [1.29, 1.82) is 0 Å². The Hall–Kier alpha value is -2.96. The van der Waals surface area contributed by atoms with Crippen molar-refractivity contribution in [2.75, 3.05) is 23.3 Å². The van der Waals surface area contributed by atoms with Crippen LogP contribution in [0.5, 0.6) is 0 Å². The first-order valence-corrected chi connectivity index (χ1v) is 8.58. The van der Waals surface area contributed by atoms with Crippen LogP contribution in [0.3, 0.4) is 0 Å². The van der Waals surface area contributed by atoms with E-state index in [0.717, 1.165) is 32.4 Å². The van der Waals surface area contributed by atoms with Crippen molar-refractivity contribution in [1.82, 2.24) is 4.98 Å². The number of aromatic nitrogens is 1. The number of aryl methyl sites for hydroxylation is 1. The van der Waals surface area contributed by atoms with E-state index in [0.29, 0.717) is 11.4 Å². The maximum Gasteiger partial charge on any atom is 0.255 e. The van der Waals surface area contributed by atoms with Crippen LogP contribution in [0.15, 0.2) is 30.5 Å². The van der Waals surface area contributed by atoms with Gasteiger partial charge in [0.15, 0.2) is 0 Å². The molecule has 0 radical (unpaired) electrons. The lowest BCUT2D eigenvalue weighted by Gasteiger charge is -2.29. The summed E-state index contributed by atoms with van der Waals surface area (Å²) in [7, 11) is 0. The highest BCUT2D eigenvalue weighted by Gasteiger charge is 2.18. The molecule has 0 aliphatic carbocycles. The minimum Gasteiger partial charge on any atom is -0.371 e. The van der Waals surface area contributed by atoms with E-state index in [1.54, 1.807) is 13.0 Å². The molecule has 3 rings (SSSR count). The van der Waals surface area contributed by atoms with Crippen molar-refractivity contribution in [2.45, 2.75) is 26.2 Å². The van der Waals surface area contributed by atoms with Gasteiger partial charge in [0.05, 0.1) is 16.9 Å². The molecule has 136 valence electrons. The fraction of sp³-hybridized carbons (Fsp3) is 0.316. The summed E-state index contributed by atoms with van der Waals surface area (Å²) in [6.07, 6.45) is 4.74. The highest BCUT2D eigenvalue weighted by molar-refractivity contribution is 6.09. The zero-order valence-corrected chi connectivity index (χ0v) is 14.6. The number of nitrogens with zero attached hydrogens (tertiary/aromatic N) is 2. The summed E-state index contributed by atoms with van der Waals surface area (Å²) in [6.45, 7) is 3.33. The average molecular weight is 356 g/mol. The average Bonchev–Trinajstić information content (AvgIpc) is 2.61. The summed E-state index contributed by atoms with van der Waals surface area (Å²) < 4.78 is 14.1. The van der Waals surface area contributed by atoms with E-state index < -0.39 is 17.6 Å². The lowest BCUT2D eigenvalue weighted by atomic mass is 10.1. The van der Waals surface area contributed by atoms with Crippen molar-refractivity contribution in [3.63, 3.8) is 0 Å². The molecule has 2 amide bonds.